The summed E-state index contributed by atoms with van der Waals surface area (Å²) in [6, 6.07) is 6.03. The van der Waals surface area contributed by atoms with Crippen molar-refractivity contribution in [3.8, 4) is 0 Å². The van der Waals surface area contributed by atoms with E-state index in [2.05, 4.69) is 5.32 Å². The van der Waals surface area contributed by atoms with Gasteiger partial charge < -0.3 is 10.1 Å². The van der Waals surface area contributed by atoms with Crippen LogP contribution < -0.4 is 10.6 Å². The molecule has 0 spiro atoms. The summed E-state index contributed by atoms with van der Waals surface area (Å²) in [6.45, 7) is -0.500. The molecule has 0 saturated carbocycles. The van der Waals surface area contributed by atoms with Crippen LogP contribution in [0.3, 0.4) is 0 Å². The van der Waals surface area contributed by atoms with Crippen molar-refractivity contribution < 1.29 is 19.1 Å². The number of imide groups is 1. The van der Waals surface area contributed by atoms with Gasteiger partial charge in [0.2, 0.25) is 0 Å². The molecule has 0 aromatic heterocycles. The molecule has 0 unspecified atom stereocenters. The van der Waals surface area contributed by atoms with Crippen molar-refractivity contribution in [2.45, 2.75) is 6.42 Å². The van der Waals surface area contributed by atoms with Gasteiger partial charge in [-0.15, -0.1) is 0 Å². The van der Waals surface area contributed by atoms with E-state index < -0.39 is 24.5 Å². The van der Waals surface area contributed by atoms with E-state index in [1.165, 1.54) is 7.05 Å². The van der Waals surface area contributed by atoms with Crippen LogP contribution in [0.4, 0.5) is 4.79 Å². The lowest BCUT2D eigenvalue weighted by Gasteiger charge is -2.05. The van der Waals surface area contributed by atoms with Crippen LogP contribution in [0.5, 0.6) is 0 Å². The Morgan fingerprint density at radius 2 is 1.84 bits per heavy atom. The molecule has 19 heavy (non-hydrogen) atoms. The molecule has 0 aliphatic rings. The normalized spacial score (nSPS) is 9.58. The van der Waals surface area contributed by atoms with Gasteiger partial charge in [-0.1, -0.05) is 23.7 Å². The molecule has 6 nitrogen and oxygen atoms in total. The first kappa shape index (κ1) is 15.0. The fourth-order valence-corrected chi connectivity index (χ4v) is 1.32. The first-order valence-electron chi connectivity index (χ1n) is 5.43. The summed E-state index contributed by atoms with van der Waals surface area (Å²) in [5.74, 6) is -1.25. The molecule has 3 amide bonds. The van der Waals surface area contributed by atoms with E-state index in [1.54, 1.807) is 24.3 Å². The van der Waals surface area contributed by atoms with Gasteiger partial charge in [0, 0.05) is 12.1 Å². The fraction of sp³-hybridized carbons (Fsp3) is 0.250. The van der Waals surface area contributed by atoms with E-state index >= 15 is 0 Å². The van der Waals surface area contributed by atoms with Crippen LogP contribution in [0.2, 0.25) is 5.02 Å². The van der Waals surface area contributed by atoms with Crippen molar-refractivity contribution in [3.63, 3.8) is 0 Å². The molecular weight excluding hydrogens is 272 g/mol. The van der Waals surface area contributed by atoms with Crippen molar-refractivity contribution in [1.82, 2.24) is 10.6 Å². The lowest BCUT2D eigenvalue weighted by atomic mass is 10.1. The first-order valence-corrected chi connectivity index (χ1v) is 5.80. The molecule has 1 aromatic carbocycles. The molecule has 0 aliphatic carbocycles. The Labute approximate surface area is 115 Å². The van der Waals surface area contributed by atoms with Crippen molar-refractivity contribution in [1.29, 1.82) is 0 Å². The third-order valence-electron chi connectivity index (χ3n) is 2.11. The predicted molar refractivity (Wildman–Crippen MR) is 68.7 cm³/mol. The fourth-order valence-electron chi connectivity index (χ4n) is 1.19. The van der Waals surface area contributed by atoms with Gasteiger partial charge >= 0.3 is 12.0 Å². The number of esters is 1. The summed E-state index contributed by atoms with van der Waals surface area (Å²) in [5, 5.41) is 4.75. The van der Waals surface area contributed by atoms with E-state index in [1.807, 2.05) is 5.32 Å². The third-order valence-corrected chi connectivity index (χ3v) is 2.36. The molecule has 1 aromatic rings. The molecular formula is C12H13ClN2O4. The number of hydrogen-bond acceptors (Lipinski definition) is 4. The largest absolute Gasteiger partial charge is 0.455 e. The minimum absolute atomic E-state index is 0.0322. The monoisotopic (exact) mass is 284 g/mol. The van der Waals surface area contributed by atoms with Crippen LogP contribution in [-0.4, -0.2) is 31.6 Å². The Bertz CT molecular complexity index is 473. The van der Waals surface area contributed by atoms with Crippen LogP contribution >= 0.6 is 11.6 Å². The minimum Gasteiger partial charge on any atom is -0.455 e. The van der Waals surface area contributed by atoms with Gasteiger partial charge in [0.25, 0.3) is 5.91 Å². The number of urea groups is 1. The molecule has 0 saturated heterocycles. The van der Waals surface area contributed by atoms with Crippen LogP contribution in [0.15, 0.2) is 24.3 Å². The zero-order valence-corrected chi connectivity index (χ0v) is 11.0. The van der Waals surface area contributed by atoms with Gasteiger partial charge in [-0.25, -0.2) is 4.79 Å². The van der Waals surface area contributed by atoms with E-state index in [4.69, 9.17) is 16.3 Å². The maximum atomic E-state index is 11.4. The number of halogens is 1. The van der Waals surface area contributed by atoms with Crippen molar-refractivity contribution in [2.75, 3.05) is 13.7 Å². The van der Waals surface area contributed by atoms with E-state index in [0.29, 0.717) is 5.02 Å². The molecule has 0 radical (unpaired) electrons. The molecule has 0 aliphatic heterocycles. The second-order valence-corrected chi connectivity index (χ2v) is 4.03. The quantitative estimate of drug-likeness (QED) is 0.804. The van der Waals surface area contributed by atoms with Crippen molar-refractivity contribution >= 4 is 29.5 Å². The van der Waals surface area contributed by atoms with Gasteiger partial charge in [0.1, 0.15) is 0 Å². The molecule has 0 bridgehead atoms. The van der Waals surface area contributed by atoms with Gasteiger partial charge in [-0.05, 0) is 17.7 Å². The van der Waals surface area contributed by atoms with E-state index in [-0.39, 0.29) is 6.42 Å². The summed E-state index contributed by atoms with van der Waals surface area (Å²) >= 11 is 5.71. The highest BCUT2D eigenvalue weighted by atomic mass is 35.5. The second kappa shape index (κ2) is 7.38. The smallest absolute Gasteiger partial charge is 0.321 e. The van der Waals surface area contributed by atoms with E-state index in [9.17, 15) is 14.4 Å². The first-order chi connectivity index (χ1) is 9.01. The summed E-state index contributed by atoms with van der Waals surface area (Å²) in [4.78, 5) is 33.4. The van der Waals surface area contributed by atoms with Gasteiger partial charge in [0.15, 0.2) is 6.61 Å². The van der Waals surface area contributed by atoms with Gasteiger partial charge in [-0.2, -0.15) is 0 Å². The minimum atomic E-state index is -0.691. The number of carbonyl (C=O) groups excluding carboxylic acids is 3. The third kappa shape index (κ3) is 5.87. The Morgan fingerprint density at radius 1 is 1.21 bits per heavy atom. The number of nitrogens with one attached hydrogen (secondary N) is 2. The summed E-state index contributed by atoms with van der Waals surface area (Å²) in [5.41, 5.74) is 0.723. The number of ether oxygens (including phenoxy) is 1. The van der Waals surface area contributed by atoms with Gasteiger partial charge in [0.05, 0.1) is 6.42 Å². The number of benzene rings is 1. The number of hydrogen-bond donors (Lipinski definition) is 2. The standard InChI is InChI=1S/C12H13ClN2O4/c1-14-12(18)15-10(16)7-19-11(17)6-8-2-4-9(13)5-3-8/h2-5H,6-7H2,1H3,(H2,14,15,16,18). The maximum absolute atomic E-state index is 11.4. The SMILES string of the molecule is CNC(=O)NC(=O)COC(=O)Cc1ccc(Cl)cc1. The van der Waals surface area contributed by atoms with Gasteiger partial charge in [-0.3, -0.25) is 14.9 Å². The number of carbonyl (C=O) groups is 3. The summed E-state index contributed by atoms with van der Waals surface area (Å²) in [6.07, 6.45) is 0.0322. The highest BCUT2D eigenvalue weighted by Gasteiger charge is 2.10. The Kier molecular flexibility index (Phi) is 5.81. The average molecular weight is 285 g/mol. The Balaban J connectivity index is 2.33. The topological polar surface area (TPSA) is 84.5 Å². The van der Waals surface area contributed by atoms with E-state index in [0.717, 1.165) is 5.56 Å². The maximum Gasteiger partial charge on any atom is 0.321 e. The van der Waals surface area contributed by atoms with Crippen LogP contribution in [-0.2, 0) is 20.7 Å². The zero-order valence-electron chi connectivity index (χ0n) is 10.2. The molecule has 102 valence electrons. The van der Waals surface area contributed by atoms with Crippen molar-refractivity contribution in [2.24, 2.45) is 0 Å². The highest BCUT2D eigenvalue weighted by Crippen LogP contribution is 2.10. The molecule has 7 heteroatoms. The van der Waals surface area contributed by atoms with Crippen LogP contribution in [0.1, 0.15) is 5.56 Å². The molecule has 1 rings (SSSR count). The Hall–Kier alpha value is -2.08. The van der Waals surface area contributed by atoms with Crippen LogP contribution in [0, 0.1) is 0 Å². The zero-order chi connectivity index (χ0) is 14.3. The second-order valence-electron chi connectivity index (χ2n) is 3.59. The number of amides is 3. The average Bonchev–Trinajstić information content (AvgIpc) is 2.39. The summed E-state index contributed by atoms with van der Waals surface area (Å²) in [7, 11) is 1.37. The molecule has 0 atom stereocenters. The van der Waals surface area contributed by atoms with Crippen molar-refractivity contribution in [3.05, 3.63) is 34.9 Å². The Morgan fingerprint density at radius 3 is 2.42 bits per heavy atom. The molecule has 0 heterocycles. The molecule has 0 fully saturated rings. The number of rotatable bonds is 4. The highest BCUT2D eigenvalue weighted by molar-refractivity contribution is 6.30. The summed E-state index contributed by atoms with van der Waals surface area (Å²) < 4.78 is 4.72. The molecule has 2 N–H and O–H groups in total. The lowest BCUT2D eigenvalue weighted by molar-refractivity contribution is -0.147. The predicted octanol–water partition coefficient (Wildman–Crippen LogP) is 0.881. The van der Waals surface area contributed by atoms with Crippen LogP contribution in [0.25, 0.3) is 0 Å². The lowest BCUT2D eigenvalue weighted by Crippen LogP contribution is -2.39.